The van der Waals surface area contributed by atoms with Gasteiger partial charge in [0.2, 0.25) is 0 Å². The van der Waals surface area contributed by atoms with Crippen LogP contribution in [0.1, 0.15) is 34.0 Å². The predicted molar refractivity (Wildman–Crippen MR) is 77.2 cm³/mol. The van der Waals surface area contributed by atoms with Gasteiger partial charge < -0.3 is 5.32 Å². The van der Waals surface area contributed by atoms with E-state index in [9.17, 15) is 0 Å². The number of aromatic nitrogens is 3. The van der Waals surface area contributed by atoms with Crippen LogP contribution in [0.5, 0.6) is 0 Å². The predicted octanol–water partition coefficient (Wildman–Crippen LogP) is 2.24. The highest BCUT2D eigenvalue weighted by molar-refractivity contribution is 5.40. The maximum absolute atomic E-state index is 4.18. The molecular formula is C15H22N4. The van der Waals surface area contributed by atoms with Gasteiger partial charge in [-0.2, -0.15) is 0 Å². The minimum atomic E-state index is 0.275. The molecule has 1 unspecified atom stereocenters. The molecule has 0 saturated carbocycles. The van der Waals surface area contributed by atoms with Crippen LogP contribution >= 0.6 is 0 Å². The Kier molecular flexibility index (Phi) is 4.00. The maximum atomic E-state index is 4.18. The van der Waals surface area contributed by atoms with Gasteiger partial charge in [0, 0.05) is 25.7 Å². The van der Waals surface area contributed by atoms with Gasteiger partial charge in [-0.15, -0.1) is 5.10 Å². The van der Waals surface area contributed by atoms with Gasteiger partial charge >= 0.3 is 0 Å². The summed E-state index contributed by atoms with van der Waals surface area (Å²) < 4.78 is 1.75. The van der Waals surface area contributed by atoms with Gasteiger partial charge in [-0.1, -0.05) is 22.9 Å². The van der Waals surface area contributed by atoms with Gasteiger partial charge in [-0.25, -0.2) is 0 Å². The first-order valence-corrected chi connectivity index (χ1v) is 6.61. The number of hydrogen-bond acceptors (Lipinski definition) is 3. The van der Waals surface area contributed by atoms with E-state index in [1.165, 1.54) is 22.3 Å². The topological polar surface area (TPSA) is 42.7 Å². The summed E-state index contributed by atoms with van der Waals surface area (Å²) in [7, 11) is 3.90. The summed E-state index contributed by atoms with van der Waals surface area (Å²) in [6.07, 6.45) is 2.83. The van der Waals surface area contributed by atoms with Crippen LogP contribution in [0.25, 0.3) is 0 Å². The highest BCUT2D eigenvalue weighted by Gasteiger charge is 2.16. The van der Waals surface area contributed by atoms with E-state index >= 15 is 0 Å². The molecule has 0 aliphatic rings. The van der Waals surface area contributed by atoms with Crippen molar-refractivity contribution in [1.29, 1.82) is 0 Å². The Labute approximate surface area is 114 Å². The van der Waals surface area contributed by atoms with E-state index < -0.39 is 0 Å². The molecule has 0 fully saturated rings. The Bertz CT molecular complexity index is 548. The van der Waals surface area contributed by atoms with Crippen molar-refractivity contribution < 1.29 is 0 Å². The molecule has 1 heterocycles. The first-order chi connectivity index (χ1) is 9.01. The number of aryl methyl sites for hydroxylation is 4. The monoisotopic (exact) mass is 258 g/mol. The van der Waals surface area contributed by atoms with Crippen LogP contribution < -0.4 is 5.32 Å². The van der Waals surface area contributed by atoms with Crippen molar-refractivity contribution >= 4 is 0 Å². The van der Waals surface area contributed by atoms with Gasteiger partial charge in [0.15, 0.2) is 0 Å². The third-order valence-corrected chi connectivity index (χ3v) is 3.50. The number of nitrogens with one attached hydrogen (secondary N) is 1. The molecule has 0 radical (unpaired) electrons. The Hall–Kier alpha value is -1.68. The fourth-order valence-electron chi connectivity index (χ4n) is 2.79. The highest BCUT2D eigenvalue weighted by Crippen LogP contribution is 2.25. The summed E-state index contributed by atoms with van der Waals surface area (Å²) in [5.74, 6) is 0. The molecule has 1 aromatic carbocycles. The van der Waals surface area contributed by atoms with E-state index in [-0.39, 0.29) is 6.04 Å². The number of rotatable bonds is 4. The molecule has 19 heavy (non-hydrogen) atoms. The summed E-state index contributed by atoms with van der Waals surface area (Å²) in [5, 5.41) is 11.6. The van der Waals surface area contributed by atoms with E-state index in [2.05, 4.69) is 48.5 Å². The normalized spacial score (nSPS) is 12.7. The molecule has 0 amide bonds. The summed E-state index contributed by atoms with van der Waals surface area (Å²) in [6.45, 7) is 6.49. The van der Waals surface area contributed by atoms with E-state index in [1.807, 2.05) is 20.3 Å². The average molecular weight is 258 g/mol. The fraction of sp³-hybridized carbons (Fsp3) is 0.467. The van der Waals surface area contributed by atoms with Crippen molar-refractivity contribution in [2.24, 2.45) is 7.05 Å². The van der Waals surface area contributed by atoms with Crippen molar-refractivity contribution in [1.82, 2.24) is 20.3 Å². The third-order valence-electron chi connectivity index (χ3n) is 3.50. The lowest BCUT2D eigenvalue weighted by molar-refractivity contribution is 0.577. The molecule has 2 rings (SSSR count). The number of nitrogens with zero attached hydrogens (tertiary/aromatic N) is 3. The summed E-state index contributed by atoms with van der Waals surface area (Å²) >= 11 is 0. The molecule has 0 aliphatic heterocycles. The molecule has 0 saturated heterocycles. The largest absolute Gasteiger partial charge is 0.313 e. The Morgan fingerprint density at radius 2 is 1.84 bits per heavy atom. The van der Waals surface area contributed by atoms with E-state index in [0.29, 0.717) is 0 Å². The molecule has 1 N–H and O–H groups in total. The van der Waals surface area contributed by atoms with Crippen molar-refractivity contribution in [3.05, 3.63) is 46.3 Å². The van der Waals surface area contributed by atoms with Crippen LogP contribution in [-0.4, -0.2) is 22.0 Å². The van der Waals surface area contributed by atoms with Crippen LogP contribution in [0.4, 0.5) is 0 Å². The quantitative estimate of drug-likeness (QED) is 0.914. The second-order valence-electron chi connectivity index (χ2n) is 5.24. The third kappa shape index (κ3) is 3.01. The maximum Gasteiger partial charge on any atom is 0.0845 e. The smallest absolute Gasteiger partial charge is 0.0845 e. The molecule has 4 heteroatoms. The lowest BCUT2D eigenvalue weighted by Crippen LogP contribution is -2.21. The van der Waals surface area contributed by atoms with Crippen LogP contribution in [0.2, 0.25) is 0 Å². The van der Waals surface area contributed by atoms with Crippen LogP contribution in [-0.2, 0) is 13.5 Å². The molecule has 0 bridgehead atoms. The van der Waals surface area contributed by atoms with Crippen molar-refractivity contribution in [2.45, 2.75) is 33.2 Å². The first kappa shape index (κ1) is 13.7. The van der Waals surface area contributed by atoms with Crippen LogP contribution in [0, 0.1) is 20.8 Å². The number of hydrogen-bond donors (Lipinski definition) is 1. The zero-order valence-electron chi connectivity index (χ0n) is 12.4. The minimum absolute atomic E-state index is 0.275. The second-order valence-corrected chi connectivity index (χ2v) is 5.24. The van der Waals surface area contributed by atoms with E-state index in [4.69, 9.17) is 0 Å². The molecule has 102 valence electrons. The van der Waals surface area contributed by atoms with Gasteiger partial charge in [-0.05, 0) is 44.5 Å². The van der Waals surface area contributed by atoms with Gasteiger partial charge in [-0.3, -0.25) is 4.68 Å². The Morgan fingerprint density at radius 3 is 2.32 bits per heavy atom. The van der Waals surface area contributed by atoms with Gasteiger partial charge in [0.25, 0.3) is 0 Å². The number of likely N-dealkylation sites (N-methyl/N-ethyl adjacent to an activating group) is 1. The number of benzene rings is 1. The van der Waals surface area contributed by atoms with Crippen molar-refractivity contribution in [3.8, 4) is 0 Å². The second kappa shape index (κ2) is 5.53. The molecular weight excluding hydrogens is 236 g/mol. The average Bonchev–Trinajstić information content (AvgIpc) is 2.72. The zero-order chi connectivity index (χ0) is 14.0. The zero-order valence-corrected chi connectivity index (χ0v) is 12.4. The van der Waals surface area contributed by atoms with Gasteiger partial charge in [0.05, 0.1) is 5.69 Å². The summed E-state index contributed by atoms with van der Waals surface area (Å²) in [6, 6.07) is 4.75. The summed E-state index contributed by atoms with van der Waals surface area (Å²) in [5.41, 5.74) is 6.37. The molecule has 1 atom stereocenters. The molecule has 1 aromatic heterocycles. The standard InChI is InChI=1S/C15H22N4/c1-10-6-11(2)15(12(3)7-10)14(16-4)8-13-9-19(5)18-17-13/h6-7,9,14,16H,8H2,1-5H3. The molecule has 4 nitrogen and oxygen atoms in total. The SMILES string of the molecule is CNC(Cc1cn(C)nn1)c1c(C)cc(C)cc1C. The van der Waals surface area contributed by atoms with E-state index in [0.717, 1.165) is 12.1 Å². The molecule has 0 aliphatic carbocycles. The highest BCUT2D eigenvalue weighted by atomic mass is 15.4. The fourth-order valence-corrected chi connectivity index (χ4v) is 2.79. The van der Waals surface area contributed by atoms with Gasteiger partial charge in [0.1, 0.15) is 0 Å². The lowest BCUT2D eigenvalue weighted by Gasteiger charge is -2.21. The van der Waals surface area contributed by atoms with Crippen LogP contribution in [0.3, 0.4) is 0 Å². The minimum Gasteiger partial charge on any atom is -0.313 e. The van der Waals surface area contributed by atoms with Crippen molar-refractivity contribution in [3.63, 3.8) is 0 Å². The summed E-state index contributed by atoms with van der Waals surface area (Å²) in [4.78, 5) is 0. The van der Waals surface area contributed by atoms with Crippen LogP contribution in [0.15, 0.2) is 18.3 Å². The Balaban J connectivity index is 2.32. The Morgan fingerprint density at radius 1 is 1.21 bits per heavy atom. The molecule has 0 spiro atoms. The van der Waals surface area contributed by atoms with E-state index in [1.54, 1.807) is 4.68 Å². The first-order valence-electron chi connectivity index (χ1n) is 6.61. The molecule has 2 aromatic rings. The van der Waals surface area contributed by atoms with Crippen molar-refractivity contribution in [2.75, 3.05) is 7.05 Å². The lowest BCUT2D eigenvalue weighted by atomic mass is 9.92.